The third-order valence-electron chi connectivity index (χ3n) is 3.71. The highest BCUT2D eigenvalue weighted by molar-refractivity contribution is 5.86. The Morgan fingerprint density at radius 2 is 2.15 bits per heavy atom. The lowest BCUT2D eigenvalue weighted by molar-refractivity contribution is -0.141. The van der Waals surface area contributed by atoms with Gasteiger partial charge in [0.15, 0.2) is 0 Å². The molecule has 0 spiro atoms. The van der Waals surface area contributed by atoms with E-state index in [9.17, 15) is 9.59 Å². The fourth-order valence-electron chi connectivity index (χ4n) is 2.62. The van der Waals surface area contributed by atoms with Gasteiger partial charge < -0.3 is 14.7 Å². The average Bonchev–Trinajstić information content (AvgIpc) is 2.74. The van der Waals surface area contributed by atoms with Gasteiger partial charge in [-0.2, -0.15) is 0 Å². The molecule has 1 amide bonds. The van der Waals surface area contributed by atoms with Crippen LogP contribution >= 0.6 is 0 Å². The molecule has 1 aliphatic rings. The van der Waals surface area contributed by atoms with Crippen molar-refractivity contribution in [2.45, 2.75) is 26.8 Å². The first-order chi connectivity index (χ1) is 9.42. The van der Waals surface area contributed by atoms with Crippen LogP contribution in [-0.4, -0.2) is 35.5 Å². The van der Waals surface area contributed by atoms with Gasteiger partial charge in [-0.1, -0.05) is 6.07 Å². The van der Waals surface area contributed by atoms with Gasteiger partial charge in [0.1, 0.15) is 5.75 Å². The molecule has 1 aromatic rings. The van der Waals surface area contributed by atoms with Crippen molar-refractivity contribution in [2.24, 2.45) is 5.92 Å². The van der Waals surface area contributed by atoms with Gasteiger partial charge in [0, 0.05) is 25.1 Å². The van der Waals surface area contributed by atoms with Crippen LogP contribution in [0.1, 0.15) is 23.1 Å². The van der Waals surface area contributed by atoms with Crippen molar-refractivity contribution in [1.29, 1.82) is 0 Å². The summed E-state index contributed by atoms with van der Waals surface area (Å²) in [7, 11) is 1.60. The number of methoxy groups -OCH3 is 1. The van der Waals surface area contributed by atoms with Gasteiger partial charge in [-0.05, 0) is 31.0 Å². The lowest BCUT2D eigenvalue weighted by Gasteiger charge is -2.20. The van der Waals surface area contributed by atoms with E-state index in [1.165, 1.54) is 0 Å². The number of carbonyl (C=O) groups is 2. The molecule has 2 rings (SSSR count). The molecule has 5 heteroatoms. The Hall–Kier alpha value is -2.04. The molecule has 1 unspecified atom stereocenters. The van der Waals surface area contributed by atoms with Gasteiger partial charge in [0.25, 0.3) is 0 Å². The molecular weight excluding hydrogens is 258 g/mol. The summed E-state index contributed by atoms with van der Waals surface area (Å²) < 4.78 is 5.37. The first kappa shape index (κ1) is 14.4. The molecule has 1 heterocycles. The van der Waals surface area contributed by atoms with Crippen LogP contribution in [0.5, 0.6) is 5.75 Å². The van der Waals surface area contributed by atoms with E-state index < -0.39 is 11.9 Å². The molecular formula is C15H19NO4. The third-order valence-corrected chi connectivity index (χ3v) is 3.71. The van der Waals surface area contributed by atoms with Crippen LogP contribution < -0.4 is 4.74 Å². The van der Waals surface area contributed by atoms with E-state index in [1.54, 1.807) is 12.0 Å². The number of aryl methyl sites for hydroxylation is 2. The standard InChI is InChI=1S/C15H19NO4/c1-9-4-10(2)12(13(5-9)20-3)8-16-7-11(15(18)19)6-14(16)17/h4-5,11H,6-8H2,1-3H3,(H,18,19). The highest BCUT2D eigenvalue weighted by atomic mass is 16.5. The van der Waals surface area contributed by atoms with Crippen LogP contribution in [-0.2, 0) is 16.1 Å². The highest BCUT2D eigenvalue weighted by Gasteiger charge is 2.34. The average molecular weight is 277 g/mol. The fourth-order valence-corrected chi connectivity index (χ4v) is 2.62. The van der Waals surface area contributed by atoms with Gasteiger partial charge in [-0.15, -0.1) is 0 Å². The summed E-state index contributed by atoms with van der Waals surface area (Å²) in [4.78, 5) is 24.5. The Morgan fingerprint density at radius 1 is 1.45 bits per heavy atom. The second-order valence-corrected chi connectivity index (χ2v) is 5.28. The molecule has 0 saturated carbocycles. The van der Waals surface area contributed by atoms with Crippen molar-refractivity contribution >= 4 is 11.9 Å². The van der Waals surface area contributed by atoms with Gasteiger partial charge in [-0.25, -0.2) is 0 Å². The Bertz CT molecular complexity index is 553. The Kier molecular flexibility index (Phi) is 3.97. The zero-order chi connectivity index (χ0) is 14.9. The zero-order valence-electron chi connectivity index (χ0n) is 12.0. The van der Waals surface area contributed by atoms with E-state index in [0.717, 1.165) is 22.4 Å². The SMILES string of the molecule is COc1cc(C)cc(C)c1CN1CC(C(=O)O)CC1=O. The molecule has 0 aromatic heterocycles. The zero-order valence-corrected chi connectivity index (χ0v) is 12.0. The first-order valence-corrected chi connectivity index (χ1v) is 6.57. The quantitative estimate of drug-likeness (QED) is 0.910. The molecule has 5 nitrogen and oxygen atoms in total. The second-order valence-electron chi connectivity index (χ2n) is 5.28. The number of rotatable bonds is 4. The minimum atomic E-state index is -0.909. The molecule has 1 saturated heterocycles. The minimum absolute atomic E-state index is 0.0859. The van der Waals surface area contributed by atoms with Gasteiger partial charge in [0.05, 0.1) is 13.0 Å². The van der Waals surface area contributed by atoms with Crippen molar-refractivity contribution in [3.05, 3.63) is 28.8 Å². The summed E-state index contributed by atoms with van der Waals surface area (Å²) in [6, 6.07) is 3.96. The van der Waals surface area contributed by atoms with Gasteiger partial charge in [-0.3, -0.25) is 9.59 Å². The second kappa shape index (κ2) is 5.53. The van der Waals surface area contributed by atoms with Crippen LogP contribution in [0.3, 0.4) is 0 Å². The van der Waals surface area contributed by atoms with Gasteiger partial charge >= 0.3 is 5.97 Å². The van der Waals surface area contributed by atoms with Crippen molar-refractivity contribution in [1.82, 2.24) is 4.90 Å². The monoisotopic (exact) mass is 277 g/mol. The van der Waals surface area contributed by atoms with E-state index in [-0.39, 0.29) is 18.9 Å². The number of amides is 1. The Labute approximate surface area is 118 Å². The molecule has 1 aliphatic heterocycles. The summed E-state index contributed by atoms with van der Waals surface area (Å²) in [6.45, 7) is 4.63. The predicted molar refractivity (Wildman–Crippen MR) is 73.6 cm³/mol. The number of aliphatic carboxylic acids is 1. The number of nitrogens with zero attached hydrogens (tertiary/aromatic N) is 1. The van der Waals surface area contributed by atoms with Crippen LogP contribution in [0.4, 0.5) is 0 Å². The minimum Gasteiger partial charge on any atom is -0.496 e. The number of hydrogen-bond donors (Lipinski definition) is 1. The topological polar surface area (TPSA) is 66.8 Å². The first-order valence-electron chi connectivity index (χ1n) is 6.57. The number of likely N-dealkylation sites (tertiary alicyclic amines) is 1. The maximum absolute atomic E-state index is 11.9. The summed E-state index contributed by atoms with van der Waals surface area (Å²) in [5.41, 5.74) is 3.09. The highest BCUT2D eigenvalue weighted by Crippen LogP contribution is 2.28. The van der Waals surface area contributed by atoms with E-state index >= 15 is 0 Å². The molecule has 1 fully saturated rings. The molecule has 0 aliphatic carbocycles. The lowest BCUT2D eigenvalue weighted by Crippen LogP contribution is -2.26. The van der Waals surface area contributed by atoms with E-state index in [0.29, 0.717) is 6.54 Å². The third kappa shape index (κ3) is 2.76. The van der Waals surface area contributed by atoms with Crippen molar-refractivity contribution < 1.29 is 19.4 Å². The Balaban J connectivity index is 2.22. The number of carboxylic acids is 1. The number of benzene rings is 1. The van der Waals surface area contributed by atoms with Crippen LogP contribution in [0.15, 0.2) is 12.1 Å². The van der Waals surface area contributed by atoms with E-state index in [1.807, 2.05) is 26.0 Å². The number of ether oxygens (including phenoxy) is 1. The van der Waals surface area contributed by atoms with Crippen LogP contribution in [0, 0.1) is 19.8 Å². The number of hydrogen-bond acceptors (Lipinski definition) is 3. The molecule has 20 heavy (non-hydrogen) atoms. The number of carboxylic acid groups (broad SMARTS) is 1. The van der Waals surface area contributed by atoms with Crippen molar-refractivity contribution in [2.75, 3.05) is 13.7 Å². The molecule has 0 radical (unpaired) electrons. The van der Waals surface area contributed by atoms with Gasteiger partial charge in [0.2, 0.25) is 5.91 Å². The Morgan fingerprint density at radius 3 is 2.70 bits per heavy atom. The van der Waals surface area contributed by atoms with E-state index in [2.05, 4.69) is 0 Å². The fraction of sp³-hybridized carbons (Fsp3) is 0.467. The smallest absolute Gasteiger partial charge is 0.308 e. The predicted octanol–water partition coefficient (Wildman–Crippen LogP) is 1.75. The molecule has 0 bridgehead atoms. The summed E-state index contributed by atoms with van der Waals surface area (Å²) in [5, 5.41) is 9.00. The maximum Gasteiger partial charge on any atom is 0.308 e. The normalized spacial score (nSPS) is 18.4. The molecule has 1 atom stereocenters. The molecule has 1 aromatic carbocycles. The maximum atomic E-state index is 11.9. The van der Waals surface area contributed by atoms with E-state index in [4.69, 9.17) is 9.84 Å². The summed E-state index contributed by atoms with van der Waals surface area (Å²) in [5.74, 6) is -0.874. The van der Waals surface area contributed by atoms with Crippen molar-refractivity contribution in [3.63, 3.8) is 0 Å². The number of carbonyl (C=O) groups excluding carboxylic acids is 1. The largest absolute Gasteiger partial charge is 0.496 e. The van der Waals surface area contributed by atoms with Crippen molar-refractivity contribution in [3.8, 4) is 5.75 Å². The summed E-state index contributed by atoms with van der Waals surface area (Å²) in [6.07, 6.45) is 0.0859. The van der Waals surface area contributed by atoms with Crippen LogP contribution in [0.25, 0.3) is 0 Å². The summed E-state index contributed by atoms with van der Waals surface area (Å²) >= 11 is 0. The lowest BCUT2D eigenvalue weighted by atomic mass is 10.0. The molecule has 1 N–H and O–H groups in total. The molecule has 108 valence electrons. The van der Waals surface area contributed by atoms with Crippen LogP contribution in [0.2, 0.25) is 0 Å².